The summed E-state index contributed by atoms with van der Waals surface area (Å²) in [5.74, 6) is 4.77. The number of para-hydroxylation sites is 12. The molecule has 638 valence electrons. The van der Waals surface area contributed by atoms with Gasteiger partial charge in [0.25, 0.3) is 0 Å². The van der Waals surface area contributed by atoms with Crippen molar-refractivity contribution in [1.29, 1.82) is 0 Å². The molecule has 7 heterocycles. The summed E-state index contributed by atoms with van der Waals surface area (Å²) in [6.45, 7) is 0. The van der Waals surface area contributed by atoms with Crippen molar-refractivity contribution >= 4 is 221 Å². The molecule has 0 bridgehead atoms. The van der Waals surface area contributed by atoms with Crippen molar-refractivity contribution < 1.29 is 27.5 Å². The minimum absolute atomic E-state index is 0.784. The monoisotopic (exact) mass is 1750 g/mol. The minimum atomic E-state index is 0.784. The number of nitrogens with zero attached hydrogens (tertiary/aromatic N) is 6. The van der Waals surface area contributed by atoms with Crippen LogP contribution in [0, 0.1) is 0 Å². The van der Waals surface area contributed by atoms with Gasteiger partial charge in [0.2, 0.25) is 0 Å². The van der Waals surface area contributed by atoms with Crippen LogP contribution in [0.3, 0.4) is 0 Å². The van der Waals surface area contributed by atoms with Crippen LogP contribution in [-0.2, 0) is 0 Å². The molecule has 3 aliphatic heterocycles. The van der Waals surface area contributed by atoms with Gasteiger partial charge in [0.15, 0.2) is 34.5 Å². The number of hydrogen-bond acceptors (Lipinski definition) is 13. The van der Waals surface area contributed by atoms with E-state index in [0.29, 0.717) is 0 Å². The fraction of sp³-hybridized carbons (Fsp3) is 0. The van der Waals surface area contributed by atoms with Crippen LogP contribution in [0.1, 0.15) is 0 Å². The van der Waals surface area contributed by atoms with E-state index in [9.17, 15) is 0 Å². The number of thiophene rings is 1. The quantitative estimate of drug-likeness (QED) is 0.117. The molecule has 0 amide bonds. The van der Waals surface area contributed by atoms with E-state index in [2.05, 4.69) is 393 Å². The molecule has 0 radical (unpaired) electrons. The predicted molar refractivity (Wildman–Crippen MR) is 557 cm³/mol. The third-order valence-corrected chi connectivity index (χ3v) is 27.0. The third-order valence-electron chi connectivity index (χ3n) is 25.8. The molecule has 0 fully saturated rings. The van der Waals surface area contributed by atoms with Crippen LogP contribution < -0.4 is 43.6 Å². The first-order valence-electron chi connectivity index (χ1n) is 45.2. The van der Waals surface area contributed by atoms with Crippen molar-refractivity contribution in [3.63, 3.8) is 0 Å². The van der Waals surface area contributed by atoms with E-state index < -0.39 is 0 Å². The SMILES string of the molecule is c1ccc(N(c2ccc3c(c2)Oc2ccccc2N3c2ccc3c(c2)oc2ccccc23)c2ccc3c(c2)sc2ccccc23)cc1.c1ccc(N(c2ccc3c(c2)Oc2ccccc2N3c2ccc3c(c2)oc2ccccc23)c2ccc3ccccc3c2)cc1.c1ccc(N(c2ccc3c(c2)Oc2ccccc2N3c2ccc3c(c2)oc2ccccc23)c2cccc3ccccc23)cc1. The zero-order chi connectivity index (χ0) is 89.0. The molecule has 28 rings (SSSR count). The standard InChI is InChI=1S/C42H26N2O2S.2C40H26N2O2/c1-2-10-27(11-3-1)43(30-19-22-34-33-13-5-9-17-41(33)47-42(34)26-30)28-20-23-36-40(25-28)46-38-16-8-6-14-35(38)44(36)29-18-21-32-31-12-4-7-15-37(31)45-39(32)24-29;1-2-13-28(14-3-1)41(34-18-10-12-27-11-4-5-15-31(27)34)29-22-24-36-40(26-29)44-38-20-9-7-17-35(38)42(36)30-21-23-33-32-16-6-8-19-37(32)43-39(33)25-30;1-2-12-29(13-3-1)41(30-19-18-27-10-4-5-11-28(27)24-30)31-21-23-36-40(26-31)44-38-17-9-7-15-35(38)42(36)32-20-22-34-33-14-6-8-16-37(33)43-39(34)25-32/h1-26H;2*1-26H. The number of benzene rings is 21. The molecular weight excluding hydrogens is 1680 g/mol. The van der Waals surface area contributed by atoms with Gasteiger partial charge in [0.1, 0.15) is 33.5 Å². The van der Waals surface area contributed by atoms with Gasteiger partial charge >= 0.3 is 0 Å². The van der Waals surface area contributed by atoms with E-state index in [1.807, 2.05) is 121 Å². The molecule has 0 saturated heterocycles. The van der Waals surface area contributed by atoms with Crippen LogP contribution in [0.15, 0.2) is 486 Å². The molecule has 0 unspecified atom stereocenters. The van der Waals surface area contributed by atoms with Gasteiger partial charge < -0.3 is 56.9 Å². The van der Waals surface area contributed by atoms with Gasteiger partial charge in [0.05, 0.1) is 62.6 Å². The molecule has 13 heteroatoms. The van der Waals surface area contributed by atoms with Crippen LogP contribution in [0.25, 0.3) is 108 Å². The fourth-order valence-electron chi connectivity index (χ4n) is 19.7. The first-order valence-corrected chi connectivity index (χ1v) is 46.0. The summed E-state index contributed by atoms with van der Waals surface area (Å²) in [4.78, 5) is 13.7. The highest BCUT2D eigenvalue weighted by atomic mass is 32.1. The molecule has 0 aliphatic carbocycles. The molecule has 0 N–H and O–H groups in total. The number of fused-ring (bicyclic) bond motifs is 20. The zero-order valence-corrected chi connectivity index (χ0v) is 73.4. The van der Waals surface area contributed by atoms with Crippen molar-refractivity contribution in [3.8, 4) is 34.5 Å². The van der Waals surface area contributed by atoms with E-state index >= 15 is 0 Å². The molecule has 0 saturated carbocycles. The maximum Gasteiger partial charge on any atom is 0.153 e. The van der Waals surface area contributed by atoms with Crippen LogP contribution in [0.4, 0.5) is 102 Å². The van der Waals surface area contributed by atoms with E-state index in [1.54, 1.807) is 0 Å². The summed E-state index contributed by atoms with van der Waals surface area (Å²) < 4.78 is 41.3. The highest BCUT2D eigenvalue weighted by Gasteiger charge is 2.33. The van der Waals surface area contributed by atoms with E-state index in [0.717, 1.165) is 203 Å². The normalized spacial score (nSPS) is 12.3. The molecule has 135 heavy (non-hydrogen) atoms. The molecule has 0 atom stereocenters. The van der Waals surface area contributed by atoms with E-state index in [-0.39, 0.29) is 0 Å². The first-order chi connectivity index (χ1) is 66.9. The van der Waals surface area contributed by atoms with Crippen molar-refractivity contribution in [2.24, 2.45) is 0 Å². The van der Waals surface area contributed by atoms with Crippen molar-refractivity contribution in [2.75, 3.05) is 29.4 Å². The number of furan rings is 3. The third kappa shape index (κ3) is 13.7. The summed E-state index contributed by atoms with van der Waals surface area (Å²) in [6.07, 6.45) is 0. The maximum atomic E-state index is 6.65. The van der Waals surface area contributed by atoms with E-state index in [1.165, 1.54) is 41.7 Å². The Labute approximate surface area is 780 Å². The Bertz CT molecular complexity index is 8950. The van der Waals surface area contributed by atoms with Gasteiger partial charge in [0, 0.05) is 134 Å². The summed E-state index contributed by atoms with van der Waals surface area (Å²) in [6, 6.07) is 165. The zero-order valence-electron chi connectivity index (χ0n) is 72.6. The molecule has 3 aliphatic rings. The second kappa shape index (κ2) is 32.6. The van der Waals surface area contributed by atoms with Crippen molar-refractivity contribution in [2.45, 2.75) is 0 Å². The smallest absolute Gasteiger partial charge is 0.153 e. The number of hydrogen-bond donors (Lipinski definition) is 0. The lowest BCUT2D eigenvalue weighted by atomic mass is 10.1. The predicted octanol–water partition coefficient (Wildman–Crippen LogP) is 36.6. The van der Waals surface area contributed by atoms with Crippen LogP contribution in [0.5, 0.6) is 34.5 Å². The molecule has 4 aromatic heterocycles. The minimum Gasteiger partial charge on any atom is -0.456 e. The van der Waals surface area contributed by atoms with E-state index in [4.69, 9.17) is 27.5 Å². The highest BCUT2D eigenvalue weighted by molar-refractivity contribution is 7.25. The fourth-order valence-corrected chi connectivity index (χ4v) is 20.8. The van der Waals surface area contributed by atoms with Gasteiger partial charge in [-0.05, 0) is 216 Å². The number of rotatable bonds is 12. The molecule has 25 aromatic rings. The summed E-state index contributed by atoms with van der Waals surface area (Å²) in [7, 11) is 0. The Balaban J connectivity index is 0.000000105. The molecule has 21 aromatic carbocycles. The second-order valence-corrected chi connectivity index (χ2v) is 34.9. The number of anilines is 18. The maximum absolute atomic E-state index is 6.65. The van der Waals surface area contributed by atoms with Gasteiger partial charge in [-0.2, -0.15) is 0 Å². The summed E-state index contributed by atoms with van der Waals surface area (Å²) in [5.41, 5.74) is 23.7. The van der Waals surface area contributed by atoms with Crippen molar-refractivity contribution in [1.82, 2.24) is 0 Å². The van der Waals surface area contributed by atoms with Gasteiger partial charge in [-0.15, -0.1) is 11.3 Å². The lowest BCUT2D eigenvalue weighted by Crippen LogP contribution is -2.17. The Morgan fingerprint density at radius 2 is 0.489 bits per heavy atom. The first kappa shape index (κ1) is 78.0. The Morgan fingerprint density at radius 1 is 0.170 bits per heavy atom. The largest absolute Gasteiger partial charge is 0.456 e. The van der Waals surface area contributed by atoms with Crippen LogP contribution >= 0.6 is 11.3 Å². The Morgan fingerprint density at radius 3 is 0.963 bits per heavy atom. The van der Waals surface area contributed by atoms with Crippen LogP contribution in [0.2, 0.25) is 0 Å². The summed E-state index contributed by atoms with van der Waals surface area (Å²) >= 11 is 1.83. The second-order valence-electron chi connectivity index (χ2n) is 33.8. The molecular formula is C122H78N6O6S. The Kier molecular flexibility index (Phi) is 18.8. The average Bonchev–Trinajstić information content (AvgIpc) is 1.32. The lowest BCUT2D eigenvalue weighted by molar-refractivity contribution is 0.477. The molecule has 12 nitrogen and oxygen atoms in total. The van der Waals surface area contributed by atoms with Gasteiger partial charge in [-0.25, -0.2) is 0 Å². The van der Waals surface area contributed by atoms with Crippen LogP contribution in [-0.4, -0.2) is 0 Å². The van der Waals surface area contributed by atoms with Gasteiger partial charge in [-0.3, -0.25) is 0 Å². The van der Waals surface area contributed by atoms with Crippen molar-refractivity contribution in [3.05, 3.63) is 473 Å². The highest BCUT2D eigenvalue weighted by Crippen LogP contribution is 2.58. The lowest BCUT2D eigenvalue weighted by Gasteiger charge is -2.34. The van der Waals surface area contributed by atoms with Gasteiger partial charge in [-0.1, -0.05) is 237 Å². The topological polar surface area (TPSA) is 86.6 Å². The number of ether oxygens (including phenoxy) is 3. The molecule has 0 spiro atoms. The average molecular weight is 1760 g/mol. The summed E-state index contributed by atoms with van der Waals surface area (Å²) in [5, 5.41) is 14.1. The Hall–Kier alpha value is -18.0.